The number of hydrogen-bond donors (Lipinski definition) is 1. The minimum absolute atomic E-state index is 0.0960. The number of anilines is 1. The van der Waals surface area contributed by atoms with Crippen LogP contribution < -0.4 is 10.1 Å². The third-order valence-corrected chi connectivity index (χ3v) is 3.00. The van der Waals surface area contributed by atoms with Crippen LogP contribution in [0.25, 0.3) is 0 Å². The second kappa shape index (κ2) is 6.80. The van der Waals surface area contributed by atoms with Gasteiger partial charge in [0.05, 0.1) is 12.2 Å². The number of benzene rings is 1. The van der Waals surface area contributed by atoms with Gasteiger partial charge in [0.25, 0.3) is 0 Å². The number of rotatable bonds is 6. The Kier molecular flexibility index (Phi) is 4.83. The fourth-order valence-corrected chi connectivity index (χ4v) is 2.01. The minimum Gasteiger partial charge on any atom is -0.479 e. The summed E-state index contributed by atoms with van der Waals surface area (Å²) in [4.78, 5) is 4.32. The summed E-state index contributed by atoms with van der Waals surface area (Å²) in [6, 6.07) is 4.65. The summed E-state index contributed by atoms with van der Waals surface area (Å²) in [5.41, 5.74) is 0.685. The van der Waals surface area contributed by atoms with Crippen molar-refractivity contribution in [3.8, 4) is 18.1 Å². The van der Waals surface area contributed by atoms with Crippen LogP contribution in [0.1, 0.15) is 25.7 Å². The van der Waals surface area contributed by atoms with Crippen molar-refractivity contribution in [3.05, 3.63) is 42.2 Å². The van der Waals surface area contributed by atoms with Crippen molar-refractivity contribution in [2.24, 2.45) is 0 Å². The molecule has 0 saturated carbocycles. The van der Waals surface area contributed by atoms with Crippen LogP contribution in [-0.4, -0.2) is 16.2 Å². The number of halogens is 1. The Morgan fingerprint density at radius 2 is 2.29 bits per heavy atom. The maximum absolute atomic E-state index is 13.3. The van der Waals surface area contributed by atoms with Gasteiger partial charge >= 0.3 is 0 Å². The Hall–Kier alpha value is -2.48. The predicted octanol–water partition coefficient (Wildman–Crippen LogP) is 3.23. The van der Waals surface area contributed by atoms with Crippen LogP contribution in [-0.2, 0) is 6.54 Å². The topological polar surface area (TPSA) is 39.1 Å². The third kappa shape index (κ3) is 3.76. The lowest BCUT2D eigenvalue weighted by Gasteiger charge is -2.14. The molecule has 2 aromatic rings. The van der Waals surface area contributed by atoms with Gasteiger partial charge in [0, 0.05) is 24.5 Å². The van der Waals surface area contributed by atoms with E-state index in [2.05, 4.69) is 34.6 Å². The first-order valence-electron chi connectivity index (χ1n) is 6.73. The molecule has 0 amide bonds. The average Bonchev–Trinajstić information content (AvgIpc) is 2.92. The van der Waals surface area contributed by atoms with E-state index in [1.807, 2.05) is 6.20 Å². The van der Waals surface area contributed by atoms with Gasteiger partial charge in [0.1, 0.15) is 24.0 Å². The van der Waals surface area contributed by atoms with E-state index < -0.39 is 0 Å². The molecule has 0 aliphatic heterocycles. The van der Waals surface area contributed by atoms with Crippen molar-refractivity contribution in [2.75, 3.05) is 11.9 Å². The lowest BCUT2D eigenvalue weighted by Crippen LogP contribution is -2.11. The Labute approximate surface area is 124 Å². The number of nitrogens with zero attached hydrogens (tertiary/aromatic N) is 2. The molecule has 1 aromatic carbocycles. The number of imidazole rings is 1. The van der Waals surface area contributed by atoms with Crippen LogP contribution in [0.3, 0.4) is 0 Å². The fraction of sp³-hybridized carbons (Fsp3) is 0.312. The molecule has 1 aromatic heterocycles. The standard InChI is InChI=1S/C16H18FN3O/c1-4-9-21-15-10-13(17)5-6-14(15)19-11-16-18-7-8-20(16)12(2)3/h1,5-8,10,12,19H,9,11H2,2-3H3. The zero-order valence-corrected chi connectivity index (χ0v) is 12.1. The van der Waals surface area contributed by atoms with Gasteiger partial charge in [-0.05, 0) is 26.0 Å². The van der Waals surface area contributed by atoms with Crippen molar-refractivity contribution >= 4 is 5.69 Å². The molecule has 1 heterocycles. The quantitative estimate of drug-likeness (QED) is 0.829. The summed E-state index contributed by atoms with van der Waals surface area (Å²) in [7, 11) is 0. The maximum atomic E-state index is 13.3. The molecule has 2 rings (SSSR count). The molecule has 110 valence electrons. The molecule has 0 atom stereocenters. The first-order chi connectivity index (χ1) is 10.1. The van der Waals surface area contributed by atoms with Crippen LogP contribution in [0.2, 0.25) is 0 Å². The Balaban J connectivity index is 2.12. The number of aromatic nitrogens is 2. The van der Waals surface area contributed by atoms with Crippen molar-refractivity contribution in [2.45, 2.75) is 26.4 Å². The normalized spacial score (nSPS) is 10.4. The summed E-state index contributed by atoms with van der Waals surface area (Å²) in [6.45, 7) is 4.79. The molecule has 0 radical (unpaired) electrons. The molecule has 0 fully saturated rings. The molecule has 5 heteroatoms. The third-order valence-electron chi connectivity index (χ3n) is 3.00. The lowest BCUT2D eigenvalue weighted by molar-refractivity contribution is 0.369. The summed E-state index contributed by atoms with van der Waals surface area (Å²) < 4.78 is 20.7. The highest BCUT2D eigenvalue weighted by Gasteiger charge is 2.09. The van der Waals surface area contributed by atoms with Gasteiger partial charge < -0.3 is 14.6 Å². The molecule has 0 aliphatic carbocycles. The van der Waals surface area contributed by atoms with Gasteiger partial charge in [0.2, 0.25) is 0 Å². The Bertz CT molecular complexity index is 643. The van der Waals surface area contributed by atoms with Gasteiger partial charge in [-0.15, -0.1) is 6.42 Å². The molecular weight excluding hydrogens is 269 g/mol. The minimum atomic E-state index is -0.365. The molecule has 21 heavy (non-hydrogen) atoms. The van der Waals surface area contributed by atoms with Gasteiger partial charge in [-0.2, -0.15) is 0 Å². The number of terminal acetylenes is 1. The zero-order chi connectivity index (χ0) is 15.2. The van der Waals surface area contributed by atoms with E-state index in [0.29, 0.717) is 24.0 Å². The molecule has 4 nitrogen and oxygen atoms in total. The summed E-state index contributed by atoms with van der Waals surface area (Å²) in [6.07, 6.45) is 8.86. The first-order valence-corrected chi connectivity index (χ1v) is 6.73. The molecule has 0 unspecified atom stereocenters. The van der Waals surface area contributed by atoms with E-state index in [9.17, 15) is 4.39 Å². The molecule has 0 saturated heterocycles. The summed E-state index contributed by atoms with van der Waals surface area (Å²) >= 11 is 0. The molecular formula is C16H18FN3O. The Morgan fingerprint density at radius 1 is 1.48 bits per heavy atom. The van der Waals surface area contributed by atoms with Crippen molar-refractivity contribution in [3.63, 3.8) is 0 Å². The van der Waals surface area contributed by atoms with E-state index in [-0.39, 0.29) is 12.4 Å². The lowest BCUT2D eigenvalue weighted by atomic mass is 10.2. The number of nitrogens with one attached hydrogen (secondary N) is 1. The molecule has 0 spiro atoms. The van der Waals surface area contributed by atoms with Crippen LogP contribution in [0, 0.1) is 18.2 Å². The van der Waals surface area contributed by atoms with Gasteiger partial charge in [-0.3, -0.25) is 0 Å². The van der Waals surface area contributed by atoms with Crippen LogP contribution >= 0.6 is 0 Å². The summed E-state index contributed by atoms with van der Waals surface area (Å²) in [5.74, 6) is 3.30. The highest BCUT2D eigenvalue weighted by molar-refractivity contribution is 5.56. The van der Waals surface area contributed by atoms with Gasteiger partial charge in [0.15, 0.2) is 0 Å². The van der Waals surface area contributed by atoms with Crippen molar-refractivity contribution < 1.29 is 9.13 Å². The molecule has 1 N–H and O–H groups in total. The van der Waals surface area contributed by atoms with Crippen LogP contribution in [0.5, 0.6) is 5.75 Å². The number of ether oxygens (including phenoxy) is 1. The average molecular weight is 287 g/mol. The van der Waals surface area contributed by atoms with Gasteiger partial charge in [-0.25, -0.2) is 9.37 Å². The molecule has 0 bridgehead atoms. The summed E-state index contributed by atoms with van der Waals surface area (Å²) in [5, 5.41) is 3.20. The van der Waals surface area contributed by atoms with Crippen molar-refractivity contribution in [1.82, 2.24) is 9.55 Å². The molecule has 0 aliphatic rings. The highest BCUT2D eigenvalue weighted by atomic mass is 19.1. The van der Waals surface area contributed by atoms with E-state index in [1.54, 1.807) is 12.3 Å². The van der Waals surface area contributed by atoms with E-state index in [1.165, 1.54) is 12.1 Å². The maximum Gasteiger partial charge on any atom is 0.148 e. The van der Waals surface area contributed by atoms with E-state index in [4.69, 9.17) is 11.2 Å². The first kappa shape index (κ1) is 14.9. The fourth-order valence-electron chi connectivity index (χ4n) is 2.01. The second-order valence-electron chi connectivity index (χ2n) is 4.83. The van der Waals surface area contributed by atoms with E-state index in [0.717, 1.165) is 5.82 Å². The largest absolute Gasteiger partial charge is 0.479 e. The van der Waals surface area contributed by atoms with Gasteiger partial charge in [-0.1, -0.05) is 5.92 Å². The van der Waals surface area contributed by atoms with E-state index >= 15 is 0 Å². The van der Waals surface area contributed by atoms with Crippen LogP contribution in [0.15, 0.2) is 30.6 Å². The second-order valence-corrected chi connectivity index (χ2v) is 4.83. The highest BCUT2D eigenvalue weighted by Crippen LogP contribution is 2.26. The monoisotopic (exact) mass is 287 g/mol. The van der Waals surface area contributed by atoms with Crippen molar-refractivity contribution in [1.29, 1.82) is 0 Å². The predicted molar refractivity (Wildman–Crippen MR) is 80.7 cm³/mol. The van der Waals surface area contributed by atoms with Crippen LogP contribution in [0.4, 0.5) is 10.1 Å². The Morgan fingerprint density at radius 3 is 3.00 bits per heavy atom. The SMILES string of the molecule is C#CCOc1cc(F)ccc1NCc1nccn1C(C)C. The smallest absolute Gasteiger partial charge is 0.148 e. The zero-order valence-electron chi connectivity index (χ0n) is 12.1. The number of hydrogen-bond acceptors (Lipinski definition) is 3.